The van der Waals surface area contributed by atoms with E-state index in [2.05, 4.69) is 27.2 Å². The van der Waals surface area contributed by atoms with Crippen molar-refractivity contribution in [3.8, 4) is 5.75 Å². The number of nitrogens with zero attached hydrogens (tertiary/aromatic N) is 4. The van der Waals surface area contributed by atoms with Crippen LogP contribution in [-0.4, -0.2) is 59.1 Å². The summed E-state index contributed by atoms with van der Waals surface area (Å²) in [5, 5.41) is 3.95. The largest absolute Gasteiger partial charge is 0.497 e. The van der Waals surface area contributed by atoms with E-state index in [1.165, 1.54) is 5.56 Å². The van der Waals surface area contributed by atoms with Crippen molar-refractivity contribution in [3.05, 3.63) is 71.4 Å². The van der Waals surface area contributed by atoms with Gasteiger partial charge in [0, 0.05) is 44.5 Å². The maximum Gasteiger partial charge on any atom is 0.255 e. The number of hydrogen-bond acceptors (Lipinski definition) is 7. The van der Waals surface area contributed by atoms with E-state index in [0.717, 1.165) is 55.4 Å². The van der Waals surface area contributed by atoms with Gasteiger partial charge in [0.15, 0.2) is 5.82 Å². The monoisotopic (exact) mass is 452 g/mol. The number of methoxy groups -OCH3 is 1. The molecule has 0 radical (unpaired) electrons. The molecule has 4 rings (SSSR count). The number of rotatable bonds is 7. The summed E-state index contributed by atoms with van der Waals surface area (Å²) in [6.45, 7) is 5.97. The molecule has 1 saturated heterocycles. The van der Waals surface area contributed by atoms with Crippen LogP contribution in [0.15, 0.2) is 57.9 Å². The summed E-state index contributed by atoms with van der Waals surface area (Å²) in [7, 11) is 1.68. The van der Waals surface area contributed by atoms with Gasteiger partial charge in [-0.25, -0.2) is 0 Å². The Labute approximate surface area is 192 Å². The van der Waals surface area contributed by atoms with E-state index in [1.807, 2.05) is 41.3 Å². The highest BCUT2D eigenvalue weighted by Crippen LogP contribution is 2.27. The zero-order valence-electron chi connectivity index (χ0n) is 18.5. The standard InChI is InChI=1S/C24H28N4O3S/c1-18-25-23(26-31-18)17-32-22-7-4-3-6-21(22)24(29)28-13-5-12-27(14-15-28)16-19-8-10-20(30-2)11-9-19/h3-4,6-11H,5,12-17H2,1-2H3. The highest BCUT2D eigenvalue weighted by atomic mass is 32.2. The van der Waals surface area contributed by atoms with Gasteiger partial charge >= 0.3 is 0 Å². The van der Waals surface area contributed by atoms with Gasteiger partial charge in [-0.1, -0.05) is 29.4 Å². The predicted molar refractivity (Wildman–Crippen MR) is 124 cm³/mol. The van der Waals surface area contributed by atoms with E-state index in [4.69, 9.17) is 9.26 Å². The zero-order chi connectivity index (χ0) is 22.3. The Morgan fingerprint density at radius 2 is 1.91 bits per heavy atom. The van der Waals surface area contributed by atoms with Gasteiger partial charge < -0.3 is 14.2 Å². The van der Waals surface area contributed by atoms with E-state index in [1.54, 1.807) is 25.8 Å². The number of carbonyl (C=O) groups excluding carboxylic acids is 1. The van der Waals surface area contributed by atoms with Gasteiger partial charge in [0.1, 0.15) is 5.75 Å². The van der Waals surface area contributed by atoms with Crippen molar-refractivity contribution < 1.29 is 14.1 Å². The molecule has 3 aromatic rings. The van der Waals surface area contributed by atoms with E-state index >= 15 is 0 Å². The number of thioether (sulfide) groups is 1. The summed E-state index contributed by atoms with van der Waals surface area (Å²) in [5.74, 6) is 2.71. The molecule has 7 nitrogen and oxygen atoms in total. The number of carbonyl (C=O) groups is 1. The van der Waals surface area contributed by atoms with Crippen molar-refractivity contribution in [2.75, 3.05) is 33.3 Å². The summed E-state index contributed by atoms with van der Waals surface area (Å²) in [6.07, 6.45) is 0.958. The van der Waals surface area contributed by atoms with Crippen molar-refractivity contribution >= 4 is 17.7 Å². The Balaban J connectivity index is 1.37. The molecule has 0 spiro atoms. The number of hydrogen-bond donors (Lipinski definition) is 0. The molecule has 2 heterocycles. The van der Waals surface area contributed by atoms with E-state index < -0.39 is 0 Å². The normalized spacial score (nSPS) is 14.9. The molecule has 0 bridgehead atoms. The van der Waals surface area contributed by atoms with Crippen molar-refractivity contribution in [1.29, 1.82) is 0 Å². The Morgan fingerprint density at radius 1 is 1.09 bits per heavy atom. The van der Waals surface area contributed by atoms with Crippen LogP contribution in [0.4, 0.5) is 0 Å². The van der Waals surface area contributed by atoms with Crippen LogP contribution in [0.25, 0.3) is 0 Å². The predicted octanol–water partition coefficient (Wildman–Crippen LogP) is 4.03. The second-order valence-electron chi connectivity index (χ2n) is 7.78. The molecular formula is C24H28N4O3S. The molecule has 0 saturated carbocycles. The lowest BCUT2D eigenvalue weighted by Crippen LogP contribution is -2.35. The van der Waals surface area contributed by atoms with Crippen LogP contribution in [-0.2, 0) is 12.3 Å². The molecule has 1 fully saturated rings. The molecule has 8 heteroatoms. The summed E-state index contributed by atoms with van der Waals surface area (Å²) in [6, 6.07) is 16.0. The molecule has 2 aromatic carbocycles. The van der Waals surface area contributed by atoms with Crippen LogP contribution in [0.1, 0.15) is 34.1 Å². The highest BCUT2D eigenvalue weighted by Gasteiger charge is 2.22. The highest BCUT2D eigenvalue weighted by molar-refractivity contribution is 7.98. The fourth-order valence-corrected chi connectivity index (χ4v) is 4.69. The van der Waals surface area contributed by atoms with Gasteiger partial charge in [-0.2, -0.15) is 4.98 Å². The number of aryl methyl sites for hydroxylation is 1. The Hall–Kier alpha value is -2.84. The van der Waals surface area contributed by atoms with Gasteiger partial charge in [-0.3, -0.25) is 9.69 Å². The van der Waals surface area contributed by atoms with Crippen molar-refractivity contribution in [2.24, 2.45) is 0 Å². The number of benzene rings is 2. The molecule has 1 aliphatic rings. The molecule has 1 aliphatic heterocycles. The average molecular weight is 453 g/mol. The third-order valence-electron chi connectivity index (χ3n) is 5.48. The minimum Gasteiger partial charge on any atom is -0.497 e. The summed E-state index contributed by atoms with van der Waals surface area (Å²) < 4.78 is 10.3. The minimum atomic E-state index is 0.0868. The van der Waals surface area contributed by atoms with Gasteiger partial charge in [-0.05, 0) is 36.2 Å². The fourth-order valence-electron chi connectivity index (χ4n) is 3.80. The fraction of sp³-hybridized carbons (Fsp3) is 0.375. The minimum absolute atomic E-state index is 0.0868. The zero-order valence-corrected chi connectivity index (χ0v) is 19.3. The van der Waals surface area contributed by atoms with E-state index in [-0.39, 0.29) is 5.91 Å². The Morgan fingerprint density at radius 3 is 2.66 bits per heavy atom. The Kier molecular flexibility index (Phi) is 7.44. The quantitative estimate of drug-likeness (QED) is 0.501. The molecule has 1 aromatic heterocycles. The lowest BCUT2D eigenvalue weighted by atomic mass is 10.2. The average Bonchev–Trinajstić information content (AvgIpc) is 3.10. The third-order valence-corrected chi connectivity index (χ3v) is 6.55. The van der Waals surface area contributed by atoms with Gasteiger partial charge in [0.05, 0.1) is 18.4 Å². The first-order valence-corrected chi connectivity index (χ1v) is 11.8. The second-order valence-corrected chi connectivity index (χ2v) is 8.80. The van der Waals surface area contributed by atoms with Crippen molar-refractivity contribution in [2.45, 2.75) is 30.5 Å². The first kappa shape index (κ1) is 22.4. The maximum atomic E-state index is 13.4. The lowest BCUT2D eigenvalue weighted by Gasteiger charge is -2.23. The smallest absolute Gasteiger partial charge is 0.255 e. The summed E-state index contributed by atoms with van der Waals surface area (Å²) in [5.41, 5.74) is 1.99. The van der Waals surface area contributed by atoms with Crippen LogP contribution < -0.4 is 4.74 Å². The van der Waals surface area contributed by atoms with E-state index in [0.29, 0.717) is 17.5 Å². The molecule has 0 atom stereocenters. The molecular weight excluding hydrogens is 424 g/mol. The first-order chi connectivity index (χ1) is 15.6. The second kappa shape index (κ2) is 10.7. The Bertz CT molecular complexity index is 1040. The lowest BCUT2D eigenvalue weighted by molar-refractivity contribution is 0.0757. The molecule has 0 unspecified atom stereocenters. The summed E-state index contributed by atoms with van der Waals surface area (Å²) in [4.78, 5) is 22.9. The maximum absolute atomic E-state index is 13.4. The van der Waals surface area contributed by atoms with Gasteiger partial charge in [-0.15, -0.1) is 11.8 Å². The number of aromatic nitrogens is 2. The van der Waals surface area contributed by atoms with Crippen molar-refractivity contribution in [3.63, 3.8) is 0 Å². The van der Waals surface area contributed by atoms with Gasteiger partial charge in [0.25, 0.3) is 5.91 Å². The van der Waals surface area contributed by atoms with Crippen LogP contribution in [0.2, 0.25) is 0 Å². The number of amides is 1. The SMILES string of the molecule is COc1ccc(CN2CCCN(C(=O)c3ccccc3SCc3noc(C)n3)CC2)cc1. The van der Waals surface area contributed by atoms with Crippen LogP contribution >= 0.6 is 11.8 Å². The number of ether oxygens (including phenoxy) is 1. The molecule has 168 valence electrons. The van der Waals surface area contributed by atoms with Crippen LogP contribution in [0.3, 0.4) is 0 Å². The first-order valence-electron chi connectivity index (χ1n) is 10.8. The molecule has 0 aliphatic carbocycles. The third kappa shape index (κ3) is 5.69. The van der Waals surface area contributed by atoms with Crippen LogP contribution in [0, 0.1) is 6.92 Å². The molecule has 32 heavy (non-hydrogen) atoms. The van der Waals surface area contributed by atoms with Gasteiger partial charge in [0.2, 0.25) is 5.89 Å². The topological polar surface area (TPSA) is 71.7 Å². The summed E-state index contributed by atoms with van der Waals surface area (Å²) >= 11 is 1.56. The molecule has 0 N–H and O–H groups in total. The van der Waals surface area contributed by atoms with E-state index in [9.17, 15) is 4.79 Å². The molecule has 1 amide bonds. The van der Waals surface area contributed by atoms with Crippen molar-refractivity contribution in [1.82, 2.24) is 19.9 Å². The van der Waals surface area contributed by atoms with Crippen LogP contribution in [0.5, 0.6) is 5.75 Å².